The number of benzene rings is 2. The first-order valence-electron chi connectivity index (χ1n) is 6.66. The van der Waals surface area contributed by atoms with Gasteiger partial charge in [0.05, 0.1) is 22.6 Å². The quantitative estimate of drug-likeness (QED) is 0.653. The van der Waals surface area contributed by atoms with Crippen molar-refractivity contribution in [1.82, 2.24) is 0 Å². The number of ether oxygens (including phenoxy) is 1. The van der Waals surface area contributed by atoms with Gasteiger partial charge in [-0.05, 0) is 30.3 Å². The molecule has 8 nitrogen and oxygen atoms in total. The third-order valence-corrected chi connectivity index (χ3v) is 4.32. The average Bonchev–Trinajstić information content (AvgIpc) is 2.54. The number of methoxy groups -OCH3 is 1. The maximum Gasteiger partial charge on any atom is 0.271 e. The van der Waals surface area contributed by atoms with Crippen molar-refractivity contribution >= 4 is 27.1 Å². The lowest BCUT2D eigenvalue weighted by Gasteiger charge is -2.10. The van der Waals surface area contributed by atoms with Gasteiger partial charge in [0.2, 0.25) is 0 Å². The smallest absolute Gasteiger partial charge is 0.271 e. The predicted octanol–water partition coefficient (Wildman–Crippen LogP) is 2.26. The number of hydrogen-bond donors (Lipinski definition) is 1. The maximum atomic E-state index is 12.2. The molecule has 0 aliphatic rings. The molecule has 0 fully saturated rings. The van der Waals surface area contributed by atoms with Crippen LogP contribution in [0.1, 0.15) is 10.4 Å². The summed E-state index contributed by atoms with van der Waals surface area (Å²) in [5, 5.41) is 13.3. The van der Waals surface area contributed by atoms with Crippen LogP contribution >= 0.6 is 0 Å². The van der Waals surface area contributed by atoms with Crippen LogP contribution in [0.3, 0.4) is 0 Å². The second kappa shape index (κ2) is 6.67. The molecule has 24 heavy (non-hydrogen) atoms. The number of amides is 1. The Labute approximate surface area is 138 Å². The van der Waals surface area contributed by atoms with E-state index >= 15 is 0 Å². The predicted molar refractivity (Wildman–Crippen MR) is 87.2 cm³/mol. The largest absolute Gasteiger partial charge is 0.495 e. The molecule has 0 aromatic heterocycles. The molecule has 2 rings (SSSR count). The van der Waals surface area contributed by atoms with Crippen LogP contribution in [0, 0.1) is 10.1 Å². The second-order valence-corrected chi connectivity index (χ2v) is 6.91. The van der Waals surface area contributed by atoms with Gasteiger partial charge in [0.25, 0.3) is 11.6 Å². The average molecular weight is 350 g/mol. The zero-order valence-electron chi connectivity index (χ0n) is 12.8. The zero-order valence-corrected chi connectivity index (χ0v) is 13.7. The fourth-order valence-electron chi connectivity index (χ4n) is 1.96. The van der Waals surface area contributed by atoms with E-state index in [1.807, 2.05) is 0 Å². The number of nitro benzene ring substituents is 1. The highest BCUT2D eigenvalue weighted by molar-refractivity contribution is 7.90. The molecule has 0 radical (unpaired) electrons. The van der Waals surface area contributed by atoms with Crippen LogP contribution in [-0.4, -0.2) is 32.6 Å². The normalized spacial score (nSPS) is 10.9. The molecule has 2 aromatic rings. The molecule has 0 heterocycles. The van der Waals surface area contributed by atoms with Crippen molar-refractivity contribution in [1.29, 1.82) is 0 Å². The summed E-state index contributed by atoms with van der Waals surface area (Å²) in [5.74, 6) is -0.282. The molecule has 0 unspecified atom stereocenters. The van der Waals surface area contributed by atoms with Gasteiger partial charge in [-0.1, -0.05) is 0 Å². The highest BCUT2D eigenvalue weighted by Gasteiger charge is 2.15. The van der Waals surface area contributed by atoms with Crippen LogP contribution < -0.4 is 10.1 Å². The Balaban J connectivity index is 2.29. The molecule has 0 bridgehead atoms. The van der Waals surface area contributed by atoms with Crippen LogP contribution in [0.25, 0.3) is 0 Å². The Morgan fingerprint density at radius 3 is 2.29 bits per heavy atom. The molecule has 0 aliphatic heterocycles. The van der Waals surface area contributed by atoms with Gasteiger partial charge in [-0.15, -0.1) is 0 Å². The maximum absolute atomic E-state index is 12.2. The fraction of sp³-hybridized carbons (Fsp3) is 0.133. The van der Waals surface area contributed by atoms with E-state index in [1.165, 1.54) is 49.6 Å². The number of nitrogens with one attached hydrogen (secondary N) is 1. The molecule has 126 valence electrons. The van der Waals surface area contributed by atoms with E-state index in [9.17, 15) is 23.3 Å². The van der Waals surface area contributed by atoms with E-state index in [-0.39, 0.29) is 27.6 Å². The first-order chi connectivity index (χ1) is 11.2. The summed E-state index contributed by atoms with van der Waals surface area (Å²) in [4.78, 5) is 22.6. The molecule has 0 saturated carbocycles. The third kappa shape index (κ3) is 3.87. The summed E-state index contributed by atoms with van der Waals surface area (Å²) < 4.78 is 27.9. The number of anilines is 1. The van der Waals surface area contributed by atoms with Gasteiger partial charge in [-0.2, -0.15) is 0 Å². The van der Waals surface area contributed by atoms with Crippen LogP contribution in [0.4, 0.5) is 11.4 Å². The SMILES string of the molecule is COc1ccc([N+](=O)[O-])cc1NC(=O)c1ccc(S(C)(=O)=O)cc1. The van der Waals surface area contributed by atoms with Crippen LogP contribution in [0.5, 0.6) is 5.75 Å². The Kier molecular flexibility index (Phi) is 4.84. The first kappa shape index (κ1) is 17.4. The van der Waals surface area contributed by atoms with Crippen molar-refractivity contribution in [2.45, 2.75) is 4.90 Å². The summed E-state index contributed by atoms with van der Waals surface area (Å²) >= 11 is 0. The standard InChI is InChI=1S/C15H14N2O6S/c1-23-14-8-5-11(17(19)20)9-13(14)16-15(18)10-3-6-12(7-4-10)24(2,21)22/h3-9H,1-2H3,(H,16,18). The Morgan fingerprint density at radius 1 is 1.17 bits per heavy atom. The summed E-state index contributed by atoms with van der Waals surface area (Å²) in [7, 11) is -1.98. The fourth-order valence-corrected chi connectivity index (χ4v) is 2.59. The molecule has 0 saturated heterocycles. The minimum atomic E-state index is -3.36. The molecule has 9 heteroatoms. The molecule has 1 amide bonds. The van der Waals surface area contributed by atoms with Crippen LogP contribution in [0.15, 0.2) is 47.4 Å². The van der Waals surface area contributed by atoms with Gasteiger partial charge in [-0.3, -0.25) is 14.9 Å². The number of nitrogens with zero attached hydrogens (tertiary/aromatic N) is 1. The summed E-state index contributed by atoms with van der Waals surface area (Å²) in [5.41, 5.74) is 0.151. The monoisotopic (exact) mass is 350 g/mol. The summed E-state index contributed by atoms with van der Waals surface area (Å²) in [6.07, 6.45) is 1.07. The number of non-ortho nitro benzene ring substituents is 1. The van der Waals surface area contributed by atoms with Gasteiger partial charge in [0, 0.05) is 24.0 Å². The van der Waals surface area contributed by atoms with E-state index in [1.54, 1.807) is 0 Å². The Morgan fingerprint density at radius 2 is 1.79 bits per heavy atom. The zero-order chi connectivity index (χ0) is 17.9. The van der Waals surface area contributed by atoms with E-state index in [2.05, 4.69) is 5.32 Å². The van der Waals surface area contributed by atoms with Crippen LogP contribution in [0.2, 0.25) is 0 Å². The molecular weight excluding hydrogens is 336 g/mol. The topological polar surface area (TPSA) is 116 Å². The lowest BCUT2D eigenvalue weighted by molar-refractivity contribution is -0.384. The second-order valence-electron chi connectivity index (χ2n) is 4.89. The molecule has 0 atom stereocenters. The minimum absolute atomic E-state index is 0.0898. The number of sulfone groups is 1. The van der Waals surface area contributed by atoms with Gasteiger partial charge < -0.3 is 10.1 Å². The third-order valence-electron chi connectivity index (χ3n) is 3.19. The number of carbonyl (C=O) groups excluding carboxylic acids is 1. The van der Waals surface area contributed by atoms with Crippen molar-refractivity contribution < 1.29 is 22.9 Å². The Bertz CT molecular complexity index is 891. The van der Waals surface area contributed by atoms with E-state index in [0.29, 0.717) is 0 Å². The highest BCUT2D eigenvalue weighted by Crippen LogP contribution is 2.29. The van der Waals surface area contributed by atoms with E-state index in [0.717, 1.165) is 6.26 Å². The first-order valence-corrected chi connectivity index (χ1v) is 8.55. The van der Waals surface area contributed by atoms with Gasteiger partial charge >= 0.3 is 0 Å². The molecular formula is C15H14N2O6S. The Hall–Kier alpha value is -2.94. The van der Waals surface area contributed by atoms with Crippen molar-refractivity contribution in [3.8, 4) is 5.75 Å². The highest BCUT2D eigenvalue weighted by atomic mass is 32.2. The van der Waals surface area contributed by atoms with E-state index in [4.69, 9.17) is 4.74 Å². The summed E-state index contributed by atoms with van der Waals surface area (Å²) in [6.45, 7) is 0. The lowest BCUT2D eigenvalue weighted by atomic mass is 10.2. The minimum Gasteiger partial charge on any atom is -0.495 e. The van der Waals surface area contributed by atoms with Crippen molar-refractivity contribution in [2.24, 2.45) is 0 Å². The van der Waals surface area contributed by atoms with E-state index < -0.39 is 20.7 Å². The number of rotatable bonds is 5. The number of hydrogen-bond acceptors (Lipinski definition) is 6. The molecule has 1 N–H and O–H groups in total. The van der Waals surface area contributed by atoms with Gasteiger partial charge in [-0.25, -0.2) is 8.42 Å². The van der Waals surface area contributed by atoms with Crippen molar-refractivity contribution in [3.63, 3.8) is 0 Å². The van der Waals surface area contributed by atoms with Crippen molar-refractivity contribution in [3.05, 3.63) is 58.1 Å². The molecule has 0 spiro atoms. The van der Waals surface area contributed by atoms with Gasteiger partial charge in [0.1, 0.15) is 5.75 Å². The summed E-state index contributed by atoms with van der Waals surface area (Å²) in [6, 6.07) is 9.16. The molecule has 2 aromatic carbocycles. The lowest BCUT2D eigenvalue weighted by Crippen LogP contribution is -2.13. The van der Waals surface area contributed by atoms with Gasteiger partial charge in [0.15, 0.2) is 9.84 Å². The number of nitro groups is 1. The van der Waals surface area contributed by atoms with Crippen molar-refractivity contribution in [2.75, 3.05) is 18.7 Å². The number of carbonyl (C=O) groups is 1. The molecule has 0 aliphatic carbocycles. The van der Waals surface area contributed by atoms with Crippen LogP contribution in [-0.2, 0) is 9.84 Å².